The van der Waals surface area contributed by atoms with Gasteiger partial charge in [0.1, 0.15) is 17.0 Å². The molecule has 0 radical (unpaired) electrons. The second-order valence-corrected chi connectivity index (χ2v) is 7.13. The lowest BCUT2D eigenvalue weighted by Crippen LogP contribution is -2.41. The molecule has 2 fully saturated rings. The third-order valence-corrected chi connectivity index (χ3v) is 5.21. The second-order valence-electron chi connectivity index (χ2n) is 5.52. The zero-order valence-electron chi connectivity index (χ0n) is 12.7. The first-order valence-corrected chi connectivity index (χ1v) is 8.77. The number of amides is 2. The van der Waals surface area contributed by atoms with Crippen molar-refractivity contribution in [1.29, 1.82) is 0 Å². The van der Waals surface area contributed by atoms with Crippen molar-refractivity contribution in [3.05, 3.63) is 23.9 Å². The van der Waals surface area contributed by atoms with Gasteiger partial charge in [-0.2, -0.15) is 0 Å². The van der Waals surface area contributed by atoms with E-state index in [9.17, 15) is 9.59 Å². The highest BCUT2D eigenvalue weighted by molar-refractivity contribution is 8.23. The van der Waals surface area contributed by atoms with E-state index >= 15 is 0 Å². The number of aromatic nitrogens is 1. The molecule has 3 heterocycles. The van der Waals surface area contributed by atoms with Gasteiger partial charge >= 0.3 is 0 Å². The van der Waals surface area contributed by atoms with Crippen LogP contribution in [0.4, 0.5) is 0 Å². The number of pyridine rings is 1. The fraction of sp³-hybridized carbons (Fsp3) is 0.467. The molecule has 6 nitrogen and oxygen atoms in total. The second kappa shape index (κ2) is 6.84. The van der Waals surface area contributed by atoms with E-state index in [1.807, 2.05) is 25.1 Å². The van der Waals surface area contributed by atoms with Crippen LogP contribution < -0.4 is 4.74 Å². The molecule has 122 valence electrons. The van der Waals surface area contributed by atoms with Crippen LogP contribution in [0.2, 0.25) is 0 Å². The minimum Gasteiger partial charge on any atom is -0.472 e. The Hall–Kier alpha value is -1.67. The van der Waals surface area contributed by atoms with Gasteiger partial charge in [0.05, 0.1) is 12.3 Å². The number of hydrogen-bond acceptors (Lipinski definition) is 6. The van der Waals surface area contributed by atoms with Crippen molar-refractivity contribution >= 4 is 40.1 Å². The van der Waals surface area contributed by atoms with Crippen molar-refractivity contribution < 1.29 is 14.3 Å². The van der Waals surface area contributed by atoms with Gasteiger partial charge in [-0.15, -0.1) is 0 Å². The average molecular weight is 351 g/mol. The maximum Gasteiger partial charge on any atom is 0.242 e. The van der Waals surface area contributed by atoms with Crippen LogP contribution >= 0.6 is 24.0 Å². The molecule has 2 aliphatic heterocycles. The van der Waals surface area contributed by atoms with Crippen LogP contribution in [0.3, 0.4) is 0 Å². The third kappa shape index (κ3) is 3.81. The van der Waals surface area contributed by atoms with Crippen molar-refractivity contribution in [1.82, 2.24) is 14.8 Å². The topological polar surface area (TPSA) is 62.7 Å². The van der Waals surface area contributed by atoms with E-state index in [0.717, 1.165) is 12.1 Å². The van der Waals surface area contributed by atoms with Crippen LogP contribution in [-0.2, 0) is 9.59 Å². The van der Waals surface area contributed by atoms with E-state index < -0.39 is 0 Å². The lowest BCUT2D eigenvalue weighted by Gasteiger charge is -2.20. The minimum atomic E-state index is -0.0932. The normalized spacial score (nSPS) is 21.2. The zero-order chi connectivity index (χ0) is 16.4. The van der Waals surface area contributed by atoms with Gasteiger partial charge in [0, 0.05) is 24.7 Å². The molecule has 2 amide bonds. The molecule has 3 rings (SSSR count). The number of likely N-dealkylation sites (tertiary alicyclic amines) is 1. The van der Waals surface area contributed by atoms with Gasteiger partial charge in [0.2, 0.25) is 17.7 Å². The number of thioether (sulfide) groups is 1. The van der Waals surface area contributed by atoms with Gasteiger partial charge in [0.15, 0.2) is 0 Å². The fourth-order valence-corrected chi connectivity index (χ4v) is 3.64. The summed E-state index contributed by atoms with van der Waals surface area (Å²) < 4.78 is 6.32. The first kappa shape index (κ1) is 16.2. The van der Waals surface area contributed by atoms with Crippen molar-refractivity contribution in [2.75, 3.05) is 25.4 Å². The Morgan fingerprint density at radius 2 is 2.35 bits per heavy atom. The predicted molar refractivity (Wildman–Crippen MR) is 91.4 cm³/mol. The van der Waals surface area contributed by atoms with Gasteiger partial charge in [0.25, 0.3) is 0 Å². The van der Waals surface area contributed by atoms with Crippen molar-refractivity contribution in [3.63, 3.8) is 0 Å². The summed E-state index contributed by atoms with van der Waals surface area (Å²) in [5.41, 5.74) is 0.895. The van der Waals surface area contributed by atoms with Gasteiger partial charge in [-0.1, -0.05) is 30.0 Å². The summed E-state index contributed by atoms with van der Waals surface area (Å²) >= 11 is 6.40. The maximum atomic E-state index is 12.3. The van der Waals surface area contributed by atoms with Crippen LogP contribution in [0.15, 0.2) is 18.2 Å². The zero-order valence-corrected chi connectivity index (χ0v) is 14.4. The number of carbonyl (C=O) groups excluding carboxylic acids is 2. The van der Waals surface area contributed by atoms with E-state index in [1.165, 1.54) is 16.7 Å². The molecule has 2 aliphatic rings. The molecule has 1 unspecified atom stereocenters. The average Bonchev–Trinajstić information content (AvgIpc) is 3.09. The summed E-state index contributed by atoms with van der Waals surface area (Å²) in [4.78, 5) is 31.4. The number of rotatable bonds is 4. The molecule has 0 aromatic carbocycles. The number of nitrogens with zero attached hydrogens (tertiary/aromatic N) is 3. The molecular weight excluding hydrogens is 334 g/mol. The fourth-order valence-electron chi connectivity index (χ4n) is 2.57. The molecule has 1 aromatic heterocycles. The van der Waals surface area contributed by atoms with Crippen molar-refractivity contribution in [3.8, 4) is 5.88 Å². The molecular formula is C15H17N3O3S2. The molecule has 0 N–H and O–H groups in total. The number of carbonyl (C=O) groups is 2. The molecule has 0 spiro atoms. The largest absolute Gasteiger partial charge is 0.472 e. The smallest absolute Gasteiger partial charge is 0.242 e. The highest BCUT2D eigenvalue weighted by Crippen LogP contribution is 2.21. The highest BCUT2D eigenvalue weighted by Gasteiger charge is 2.33. The number of ether oxygens (including phenoxy) is 1. The standard InChI is InChI=1S/C15H17N3O3S2/c1-10-3-2-4-12(16-10)21-11-5-6-17(7-11)13(19)8-18-14(20)9-23-15(18)22/h2-4,11H,5-9H2,1H3. The molecule has 0 bridgehead atoms. The van der Waals surface area contributed by atoms with Crippen LogP contribution in [0, 0.1) is 6.92 Å². The number of hydrogen-bond donors (Lipinski definition) is 0. The Balaban J connectivity index is 1.54. The SMILES string of the molecule is Cc1cccc(OC2CCN(C(=O)CN3C(=O)CSC3=S)C2)n1. The van der Waals surface area contributed by atoms with E-state index in [1.54, 1.807) is 4.90 Å². The van der Waals surface area contributed by atoms with Crippen LogP contribution in [0.5, 0.6) is 5.88 Å². The van der Waals surface area contributed by atoms with Gasteiger partial charge < -0.3 is 9.64 Å². The maximum absolute atomic E-state index is 12.3. The summed E-state index contributed by atoms with van der Waals surface area (Å²) in [7, 11) is 0. The molecule has 1 aromatic rings. The Bertz CT molecular complexity index is 637. The Morgan fingerprint density at radius 3 is 3.04 bits per heavy atom. The Kier molecular flexibility index (Phi) is 4.82. The van der Waals surface area contributed by atoms with Crippen LogP contribution in [0.1, 0.15) is 12.1 Å². The molecule has 23 heavy (non-hydrogen) atoms. The van der Waals surface area contributed by atoms with Crippen LogP contribution in [-0.4, -0.2) is 62.4 Å². The summed E-state index contributed by atoms with van der Waals surface area (Å²) in [5.74, 6) is 0.726. The first-order valence-electron chi connectivity index (χ1n) is 7.38. The molecule has 2 saturated heterocycles. The first-order chi connectivity index (χ1) is 11.0. The van der Waals surface area contributed by atoms with E-state index in [-0.39, 0.29) is 24.5 Å². The molecule has 8 heteroatoms. The molecule has 0 aliphatic carbocycles. The minimum absolute atomic E-state index is 0.0279. The van der Waals surface area contributed by atoms with Gasteiger partial charge in [-0.3, -0.25) is 14.5 Å². The Labute approximate surface area is 144 Å². The molecule has 0 saturated carbocycles. The van der Waals surface area contributed by atoms with E-state index in [4.69, 9.17) is 17.0 Å². The quantitative estimate of drug-likeness (QED) is 0.761. The number of aryl methyl sites for hydroxylation is 1. The highest BCUT2D eigenvalue weighted by atomic mass is 32.2. The van der Waals surface area contributed by atoms with Crippen molar-refractivity contribution in [2.45, 2.75) is 19.4 Å². The monoisotopic (exact) mass is 351 g/mol. The van der Waals surface area contributed by atoms with E-state index in [2.05, 4.69) is 4.98 Å². The van der Waals surface area contributed by atoms with Gasteiger partial charge in [-0.25, -0.2) is 4.98 Å². The molecule has 1 atom stereocenters. The van der Waals surface area contributed by atoms with Crippen molar-refractivity contribution in [2.24, 2.45) is 0 Å². The predicted octanol–water partition coefficient (Wildman–Crippen LogP) is 1.23. The van der Waals surface area contributed by atoms with Crippen LogP contribution in [0.25, 0.3) is 0 Å². The summed E-state index contributed by atoms with van der Waals surface area (Å²) in [5, 5.41) is 0. The van der Waals surface area contributed by atoms with E-state index in [0.29, 0.717) is 29.0 Å². The number of thiocarbonyl (C=S) groups is 1. The summed E-state index contributed by atoms with van der Waals surface area (Å²) in [6.07, 6.45) is 0.693. The van der Waals surface area contributed by atoms with Gasteiger partial charge in [-0.05, 0) is 13.0 Å². The lowest BCUT2D eigenvalue weighted by atomic mass is 10.3. The lowest BCUT2D eigenvalue weighted by molar-refractivity contribution is -0.135. The summed E-state index contributed by atoms with van der Waals surface area (Å²) in [6, 6.07) is 5.62. The summed E-state index contributed by atoms with van der Waals surface area (Å²) in [6.45, 7) is 3.07. The Morgan fingerprint density at radius 1 is 1.52 bits per heavy atom. The third-order valence-electron chi connectivity index (χ3n) is 3.78.